The molecule has 0 aromatic heterocycles. The number of carboxylic acid groups (broad SMARTS) is 1. The second kappa shape index (κ2) is 12.0. The van der Waals surface area contributed by atoms with Crippen molar-refractivity contribution < 1.29 is 24.1 Å². The molecule has 4 aliphatic carbocycles. The molecule has 0 radical (unpaired) electrons. The van der Waals surface area contributed by atoms with Gasteiger partial charge in [0.05, 0.1) is 37.9 Å². The van der Waals surface area contributed by atoms with Gasteiger partial charge in [0.15, 0.2) is 0 Å². The van der Waals surface area contributed by atoms with E-state index in [0.29, 0.717) is 43.4 Å². The van der Waals surface area contributed by atoms with Crippen LogP contribution in [-0.4, -0.2) is 69.8 Å². The molecule has 7 nitrogen and oxygen atoms in total. The molecule has 0 spiro atoms. The molecule has 7 heteroatoms. The Morgan fingerprint density at radius 1 is 1.12 bits per heavy atom. The molecule has 43 heavy (non-hydrogen) atoms. The maximum absolute atomic E-state index is 13.3. The van der Waals surface area contributed by atoms with Gasteiger partial charge >= 0.3 is 5.97 Å². The maximum Gasteiger partial charge on any atom is 0.307 e. The van der Waals surface area contributed by atoms with Crippen molar-refractivity contribution in [3.05, 3.63) is 11.6 Å². The third-order valence-electron chi connectivity index (χ3n) is 14.5. The monoisotopic (exact) mass is 602 g/mol. The quantitative estimate of drug-likeness (QED) is 0.199. The van der Waals surface area contributed by atoms with Crippen LogP contribution in [0, 0.1) is 56.7 Å². The van der Waals surface area contributed by atoms with E-state index in [4.69, 9.17) is 19.9 Å². The van der Waals surface area contributed by atoms with Gasteiger partial charge in [-0.25, -0.2) is 0 Å². The first-order valence-electron chi connectivity index (χ1n) is 17.3. The summed E-state index contributed by atoms with van der Waals surface area (Å²) >= 11 is 0. The van der Waals surface area contributed by atoms with Crippen molar-refractivity contribution in [2.24, 2.45) is 62.4 Å². The lowest BCUT2D eigenvalue weighted by atomic mass is 9.34. The largest absolute Gasteiger partial charge is 0.481 e. The number of hydrogen-bond donors (Lipinski definition) is 3. The number of fused-ring (bicyclic) bond motifs is 3. The van der Waals surface area contributed by atoms with Crippen molar-refractivity contribution in [1.82, 2.24) is 5.32 Å². The summed E-state index contributed by atoms with van der Waals surface area (Å²) in [7, 11) is 1.85. The van der Waals surface area contributed by atoms with Gasteiger partial charge in [0.1, 0.15) is 0 Å². The van der Waals surface area contributed by atoms with E-state index in [0.717, 1.165) is 64.6 Å². The Bertz CT molecular complexity index is 1060. The third-order valence-corrected chi connectivity index (χ3v) is 14.5. The summed E-state index contributed by atoms with van der Waals surface area (Å²) in [5.74, 6) is 0.662. The fourth-order valence-electron chi connectivity index (χ4n) is 11.7. The number of allylic oxidation sites excluding steroid dienone is 1. The molecule has 3 saturated carbocycles. The molecule has 0 amide bonds. The summed E-state index contributed by atoms with van der Waals surface area (Å²) in [6.07, 6.45) is 9.52. The molecule has 1 unspecified atom stereocenters. The second-order valence-electron chi connectivity index (χ2n) is 16.5. The van der Waals surface area contributed by atoms with Gasteiger partial charge in [0.2, 0.25) is 0 Å². The van der Waals surface area contributed by atoms with Crippen LogP contribution in [0.5, 0.6) is 0 Å². The van der Waals surface area contributed by atoms with E-state index in [1.54, 1.807) is 5.57 Å². The molecule has 4 fully saturated rings. The number of hydrogen-bond acceptors (Lipinski definition) is 6. The number of nitrogens with two attached hydrogens (primary N) is 1. The van der Waals surface area contributed by atoms with Crippen molar-refractivity contribution in [2.75, 3.05) is 46.6 Å². The van der Waals surface area contributed by atoms with Crippen molar-refractivity contribution in [3.8, 4) is 0 Å². The SMILES string of the molecule is CO[C@@H]1C[C@@]23COCC(C)([C@H]1OCCNCCCN)[C@@H]2CC[C@H]1C3=CC[C@@]2(C)[C@H](C(=O)O)[C@@](C)([C@H](C)C(C)C)CC[C@]12C. The summed E-state index contributed by atoms with van der Waals surface area (Å²) in [6.45, 7) is 20.8. The number of carbonyl (C=O) groups is 1. The van der Waals surface area contributed by atoms with Gasteiger partial charge in [-0.2, -0.15) is 0 Å². The summed E-state index contributed by atoms with van der Waals surface area (Å²) in [5, 5.41) is 14.4. The molecular formula is C36H62N2O5. The highest BCUT2D eigenvalue weighted by Gasteiger charge is 2.71. The lowest BCUT2D eigenvalue weighted by Gasteiger charge is -2.71. The minimum atomic E-state index is -0.602. The average Bonchev–Trinajstić information content (AvgIpc) is 2.95. The predicted molar refractivity (Wildman–Crippen MR) is 171 cm³/mol. The van der Waals surface area contributed by atoms with Crippen LogP contribution in [0.1, 0.15) is 93.4 Å². The van der Waals surface area contributed by atoms with Crippen molar-refractivity contribution in [1.29, 1.82) is 0 Å². The fourth-order valence-corrected chi connectivity index (χ4v) is 11.7. The zero-order valence-electron chi connectivity index (χ0n) is 28.5. The van der Waals surface area contributed by atoms with Gasteiger partial charge in [-0.05, 0) is 98.0 Å². The summed E-state index contributed by atoms with van der Waals surface area (Å²) in [4.78, 5) is 13.3. The Morgan fingerprint density at radius 2 is 1.86 bits per heavy atom. The maximum atomic E-state index is 13.3. The van der Waals surface area contributed by atoms with Crippen LogP contribution in [0.4, 0.5) is 0 Å². The van der Waals surface area contributed by atoms with Crippen LogP contribution >= 0.6 is 0 Å². The summed E-state index contributed by atoms with van der Waals surface area (Å²) in [5.41, 5.74) is 6.39. The van der Waals surface area contributed by atoms with E-state index in [9.17, 15) is 9.90 Å². The van der Waals surface area contributed by atoms with Crippen LogP contribution in [0.3, 0.4) is 0 Å². The Kier molecular flexibility index (Phi) is 9.30. The molecule has 2 bridgehead atoms. The standard InChI is InChI=1S/C36H62N2O5/c1-23(2)24(3)32(4)14-15-34(6)25-10-11-28-33(5)21-42-22-36(28,26(25)12-13-35(34,7)29(32)31(39)40)20-27(41-8)30(33)43-19-18-38-17-9-16-37/h12,23-25,27-30,38H,9-11,13-22,37H2,1-8H3,(H,39,40)/t24-,25+,27-,28+,29-,30+,32-,33?,34-,35+,36+/m1/s1. The first-order chi connectivity index (χ1) is 20.3. The number of aliphatic carboxylic acids is 1. The van der Waals surface area contributed by atoms with Crippen molar-refractivity contribution >= 4 is 5.97 Å². The Morgan fingerprint density at radius 3 is 2.51 bits per heavy atom. The third kappa shape index (κ3) is 4.89. The van der Waals surface area contributed by atoms with E-state index in [2.05, 4.69) is 59.9 Å². The number of carboxylic acids is 1. The molecule has 11 atom stereocenters. The van der Waals surface area contributed by atoms with Crippen molar-refractivity contribution in [3.63, 3.8) is 0 Å². The summed E-state index contributed by atoms with van der Waals surface area (Å²) in [6, 6.07) is 0. The molecule has 246 valence electrons. The molecule has 0 aromatic carbocycles. The van der Waals surface area contributed by atoms with Crippen LogP contribution < -0.4 is 11.1 Å². The van der Waals surface area contributed by atoms with Gasteiger partial charge in [0.25, 0.3) is 0 Å². The highest BCUT2D eigenvalue weighted by molar-refractivity contribution is 5.73. The molecule has 4 N–H and O–H groups in total. The Hall–Kier alpha value is -0.990. The molecule has 1 saturated heterocycles. The topological polar surface area (TPSA) is 103 Å². The van der Waals surface area contributed by atoms with E-state index >= 15 is 0 Å². The zero-order chi connectivity index (χ0) is 31.4. The average molecular weight is 603 g/mol. The number of ether oxygens (including phenoxy) is 3. The first-order valence-corrected chi connectivity index (χ1v) is 17.3. The lowest BCUT2D eigenvalue weighted by Crippen LogP contribution is -2.70. The summed E-state index contributed by atoms with van der Waals surface area (Å²) < 4.78 is 19.5. The van der Waals surface area contributed by atoms with Gasteiger partial charge in [-0.15, -0.1) is 0 Å². The van der Waals surface area contributed by atoms with Gasteiger partial charge in [-0.1, -0.05) is 60.1 Å². The van der Waals surface area contributed by atoms with Crippen LogP contribution in [0.2, 0.25) is 0 Å². The lowest BCUT2D eigenvalue weighted by molar-refractivity contribution is -0.266. The normalized spacial score (nSPS) is 46.4. The van der Waals surface area contributed by atoms with E-state index in [1.165, 1.54) is 0 Å². The molecule has 1 heterocycles. The minimum absolute atomic E-state index is 0.00302. The Balaban J connectivity index is 1.48. The van der Waals surface area contributed by atoms with Crippen LogP contribution in [0.25, 0.3) is 0 Å². The van der Waals surface area contributed by atoms with E-state index in [1.807, 2.05) is 7.11 Å². The van der Waals surface area contributed by atoms with Gasteiger partial charge in [-0.3, -0.25) is 4.79 Å². The molecular weight excluding hydrogens is 540 g/mol. The smallest absolute Gasteiger partial charge is 0.307 e. The molecule has 5 rings (SSSR count). The van der Waals surface area contributed by atoms with Crippen molar-refractivity contribution in [2.45, 2.75) is 106 Å². The number of methoxy groups -OCH3 is 1. The highest BCUT2D eigenvalue weighted by Crippen LogP contribution is 2.75. The molecule has 1 aliphatic heterocycles. The van der Waals surface area contributed by atoms with Crippen LogP contribution in [-0.2, 0) is 19.0 Å². The first kappa shape index (κ1) is 33.4. The molecule has 5 aliphatic rings. The minimum Gasteiger partial charge on any atom is -0.481 e. The van der Waals surface area contributed by atoms with E-state index in [-0.39, 0.29) is 45.2 Å². The Labute approximate surface area is 261 Å². The number of rotatable bonds is 11. The zero-order valence-corrected chi connectivity index (χ0v) is 28.5. The second-order valence-corrected chi connectivity index (χ2v) is 16.5. The van der Waals surface area contributed by atoms with E-state index < -0.39 is 5.97 Å². The fraction of sp³-hybridized carbons (Fsp3) is 0.917. The van der Waals surface area contributed by atoms with Crippen LogP contribution in [0.15, 0.2) is 11.6 Å². The number of nitrogens with one attached hydrogen (secondary N) is 1. The molecule has 0 aromatic rings. The highest BCUT2D eigenvalue weighted by atomic mass is 16.5. The predicted octanol–water partition coefficient (Wildman–Crippen LogP) is 5.91. The van der Waals surface area contributed by atoms with Gasteiger partial charge in [0, 0.05) is 24.5 Å². The van der Waals surface area contributed by atoms with Gasteiger partial charge < -0.3 is 30.4 Å².